The van der Waals surface area contributed by atoms with E-state index in [0.717, 1.165) is 29.3 Å². The van der Waals surface area contributed by atoms with Gasteiger partial charge in [0, 0.05) is 17.1 Å². The molecule has 4 heteroatoms. The Bertz CT molecular complexity index is 401. The summed E-state index contributed by atoms with van der Waals surface area (Å²) in [5.41, 5.74) is 0.768. The van der Waals surface area contributed by atoms with Crippen LogP contribution in [0.15, 0.2) is 22.7 Å². The molecule has 0 aromatic heterocycles. The van der Waals surface area contributed by atoms with Gasteiger partial charge in [-0.1, -0.05) is 29.8 Å². The molecule has 0 aliphatic rings. The van der Waals surface area contributed by atoms with Crippen LogP contribution in [0.1, 0.15) is 39.2 Å². The zero-order valence-corrected chi connectivity index (χ0v) is 14.4. The molecule has 0 bridgehead atoms. The molecule has 0 spiro atoms. The van der Waals surface area contributed by atoms with Gasteiger partial charge in [-0.15, -0.1) is 0 Å². The fraction of sp³-hybridized carbons (Fsp3) is 0.625. The third kappa shape index (κ3) is 4.27. The number of halogens is 2. The summed E-state index contributed by atoms with van der Waals surface area (Å²) in [6.07, 6.45) is 2.60. The summed E-state index contributed by atoms with van der Waals surface area (Å²) >= 11 is 3.35. The predicted molar refractivity (Wildman–Crippen MR) is 85.6 cm³/mol. The monoisotopic (exact) mass is 345 g/mol. The van der Waals surface area contributed by atoms with Crippen molar-refractivity contribution in [2.45, 2.75) is 51.7 Å². The lowest BCUT2D eigenvalue weighted by atomic mass is 9.84. The van der Waals surface area contributed by atoms with E-state index in [1.807, 2.05) is 20.0 Å². The van der Waals surface area contributed by atoms with E-state index in [-0.39, 0.29) is 17.5 Å². The number of likely N-dealkylation sites (N-methyl/N-ethyl adjacent to an activating group) is 1. The molecule has 0 heterocycles. The van der Waals surface area contributed by atoms with Crippen LogP contribution in [0.2, 0.25) is 0 Å². The average molecular weight is 346 g/mol. The minimum atomic E-state index is -0.209. The Morgan fingerprint density at radius 1 is 1.25 bits per heavy atom. The number of rotatable bonds is 8. The van der Waals surface area contributed by atoms with E-state index in [2.05, 4.69) is 35.1 Å². The summed E-state index contributed by atoms with van der Waals surface area (Å²) in [4.78, 5) is 0. The van der Waals surface area contributed by atoms with Crippen molar-refractivity contribution in [1.29, 1.82) is 0 Å². The maximum atomic E-state index is 13.5. The maximum absolute atomic E-state index is 13.5. The zero-order chi connectivity index (χ0) is 15.2. The lowest BCUT2D eigenvalue weighted by Crippen LogP contribution is -2.52. The van der Waals surface area contributed by atoms with Crippen LogP contribution in [0.5, 0.6) is 0 Å². The van der Waals surface area contributed by atoms with Crippen LogP contribution < -0.4 is 5.32 Å². The van der Waals surface area contributed by atoms with Crippen molar-refractivity contribution in [3.05, 3.63) is 34.1 Å². The van der Waals surface area contributed by atoms with Gasteiger partial charge < -0.3 is 10.1 Å². The Morgan fingerprint density at radius 2 is 1.90 bits per heavy atom. The van der Waals surface area contributed by atoms with E-state index in [1.165, 1.54) is 6.07 Å². The highest BCUT2D eigenvalue weighted by Gasteiger charge is 2.35. The third-order valence-corrected chi connectivity index (χ3v) is 4.43. The molecule has 1 rings (SSSR count). The quantitative estimate of drug-likeness (QED) is 0.757. The predicted octanol–water partition coefficient (Wildman–Crippen LogP) is 4.31. The van der Waals surface area contributed by atoms with Gasteiger partial charge in [0.25, 0.3) is 0 Å². The van der Waals surface area contributed by atoms with Crippen LogP contribution in [0.4, 0.5) is 4.39 Å². The molecule has 0 aliphatic carbocycles. The van der Waals surface area contributed by atoms with Crippen molar-refractivity contribution >= 4 is 15.9 Å². The summed E-state index contributed by atoms with van der Waals surface area (Å²) in [6, 6.07) is 5.20. The van der Waals surface area contributed by atoms with E-state index in [1.54, 1.807) is 6.07 Å². The summed E-state index contributed by atoms with van der Waals surface area (Å²) in [5.74, 6) is -0.209. The van der Waals surface area contributed by atoms with Gasteiger partial charge in [-0.3, -0.25) is 0 Å². The Balaban J connectivity index is 2.99. The Kier molecular flexibility index (Phi) is 7.13. The fourth-order valence-corrected chi connectivity index (χ4v) is 3.36. The molecule has 1 aromatic carbocycles. The minimum Gasteiger partial charge on any atom is -0.374 e. The fourth-order valence-electron chi connectivity index (χ4n) is 2.85. The highest BCUT2D eigenvalue weighted by molar-refractivity contribution is 9.10. The van der Waals surface area contributed by atoms with Gasteiger partial charge in [0.15, 0.2) is 0 Å². The van der Waals surface area contributed by atoms with Crippen molar-refractivity contribution in [3.8, 4) is 0 Å². The van der Waals surface area contributed by atoms with Crippen LogP contribution in [0.3, 0.4) is 0 Å². The summed E-state index contributed by atoms with van der Waals surface area (Å²) in [6.45, 7) is 6.99. The largest absolute Gasteiger partial charge is 0.374 e. The molecule has 2 nitrogen and oxygen atoms in total. The number of nitrogens with one attached hydrogen (secondary N) is 1. The van der Waals surface area contributed by atoms with Gasteiger partial charge in [-0.2, -0.15) is 0 Å². The molecule has 0 aliphatic heterocycles. The standard InChI is InChI=1S/C16H25BrFNO/c1-5-16(6-2,20-7-3)15(19-4)10-12-8-13(17)11-14(18)9-12/h8-9,11,15,19H,5-7,10H2,1-4H3. The molecule has 20 heavy (non-hydrogen) atoms. The van der Waals surface area contributed by atoms with Crippen LogP contribution in [0, 0.1) is 5.82 Å². The Hall–Kier alpha value is -0.450. The van der Waals surface area contributed by atoms with Crippen LogP contribution in [0.25, 0.3) is 0 Å². The zero-order valence-electron chi connectivity index (χ0n) is 12.8. The molecular weight excluding hydrogens is 321 g/mol. The molecule has 0 saturated heterocycles. The lowest BCUT2D eigenvalue weighted by molar-refractivity contribution is -0.0703. The van der Waals surface area contributed by atoms with Crippen molar-refractivity contribution in [2.75, 3.05) is 13.7 Å². The number of hydrogen-bond donors (Lipinski definition) is 1. The SMILES string of the molecule is CCOC(CC)(CC)C(Cc1cc(F)cc(Br)c1)NC. The molecule has 1 N–H and O–H groups in total. The van der Waals surface area contributed by atoms with E-state index in [4.69, 9.17) is 4.74 Å². The van der Waals surface area contributed by atoms with E-state index in [9.17, 15) is 4.39 Å². The summed E-state index contributed by atoms with van der Waals surface area (Å²) < 4.78 is 20.3. The number of ether oxygens (including phenoxy) is 1. The molecule has 0 radical (unpaired) electrons. The van der Waals surface area contributed by atoms with Crippen molar-refractivity contribution in [3.63, 3.8) is 0 Å². The molecule has 1 atom stereocenters. The van der Waals surface area contributed by atoms with Gasteiger partial charge in [0.05, 0.1) is 5.60 Å². The first-order valence-electron chi connectivity index (χ1n) is 7.27. The molecule has 114 valence electrons. The van der Waals surface area contributed by atoms with E-state index >= 15 is 0 Å². The summed E-state index contributed by atoms with van der Waals surface area (Å²) in [7, 11) is 1.94. The molecular formula is C16H25BrFNO. The maximum Gasteiger partial charge on any atom is 0.124 e. The van der Waals surface area contributed by atoms with Gasteiger partial charge in [-0.05, 0) is 57.0 Å². The molecule has 0 saturated carbocycles. The lowest BCUT2D eigenvalue weighted by Gasteiger charge is -2.39. The number of hydrogen-bond acceptors (Lipinski definition) is 2. The van der Waals surface area contributed by atoms with Gasteiger partial charge in [0.1, 0.15) is 5.82 Å². The third-order valence-electron chi connectivity index (χ3n) is 3.97. The average Bonchev–Trinajstić information content (AvgIpc) is 2.41. The minimum absolute atomic E-state index is 0.158. The Labute approximate surface area is 130 Å². The second-order valence-electron chi connectivity index (χ2n) is 5.03. The van der Waals surface area contributed by atoms with Crippen LogP contribution >= 0.6 is 15.9 Å². The smallest absolute Gasteiger partial charge is 0.124 e. The first kappa shape index (κ1) is 17.6. The highest BCUT2D eigenvalue weighted by atomic mass is 79.9. The van der Waals surface area contributed by atoms with Gasteiger partial charge in [-0.25, -0.2) is 4.39 Å². The topological polar surface area (TPSA) is 21.3 Å². The molecule has 1 unspecified atom stereocenters. The van der Waals surface area contributed by atoms with E-state index < -0.39 is 0 Å². The first-order valence-corrected chi connectivity index (χ1v) is 8.06. The summed E-state index contributed by atoms with van der Waals surface area (Å²) in [5, 5.41) is 3.35. The second-order valence-corrected chi connectivity index (χ2v) is 5.94. The van der Waals surface area contributed by atoms with Crippen LogP contribution in [-0.4, -0.2) is 25.3 Å². The van der Waals surface area contributed by atoms with Crippen LogP contribution in [-0.2, 0) is 11.2 Å². The molecule has 0 fully saturated rings. The van der Waals surface area contributed by atoms with Crippen molar-refractivity contribution in [1.82, 2.24) is 5.32 Å². The Morgan fingerprint density at radius 3 is 2.35 bits per heavy atom. The highest BCUT2D eigenvalue weighted by Crippen LogP contribution is 2.28. The van der Waals surface area contributed by atoms with Crippen molar-refractivity contribution < 1.29 is 9.13 Å². The second kappa shape index (κ2) is 8.11. The normalized spacial score (nSPS) is 13.5. The molecule has 0 amide bonds. The van der Waals surface area contributed by atoms with Crippen molar-refractivity contribution in [2.24, 2.45) is 0 Å². The molecule has 1 aromatic rings. The number of benzene rings is 1. The van der Waals surface area contributed by atoms with Gasteiger partial charge in [0.2, 0.25) is 0 Å². The van der Waals surface area contributed by atoms with Gasteiger partial charge >= 0.3 is 0 Å². The first-order chi connectivity index (χ1) is 9.51. The van der Waals surface area contributed by atoms with E-state index in [0.29, 0.717) is 6.61 Å².